The summed E-state index contributed by atoms with van der Waals surface area (Å²) in [6.07, 6.45) is 2.06. The Hall–Kier alpha value is -2.21. The largest absolute Gasteiger partial charge is 0.379 e. The van der Waals surface area contributed by atoms with Crippen molar-refractivity contribution in [1.82, 2.24) is 15.1 Å². The van der Waals surface area contributed by atoms with Crippen LogP contribution in [0.15, 0.2) is 48.5 Å². The first-order valence-corrected chi connectivity index (χ1v) is 11.6. The van der Waals surface area contributed by atoms with Crippen LogP contribution in [-0.2, 0) is 29.2 Å². The zero-order valence-corrected chi connectivity index (χ0v) is 18.7. The monoisotopic (exact) mass is 421 g/mol. The Kier molecular flexibility index (Phi) is 7.73. The van der Waals surface area contributed by atoms with Crippen LogP contribution in [0, 0.1) is 12.8 Å². The molecule has 0 spiro atoms. The van der Waals surface area contributed by atoms with Crippen LogP contribution in [0.2, 0.25) is 0 Å². The molecule has 4 rings (SSSR count). The summed E-state index contributed by atoms with van der Waals surface area (Å²) in [5.74, 6) is 0.269. The molecular weight excluding hydrogens is 386 g/mol. The third-order valence-electron chi connectivity index (χ3n) is 6.53. The number of benzene rings is 2. The molecule has 0 bridgehead atoms. The number of rotatable bonds is 7. The van der Waals surface area contributed by atoms with Crippen LogP contribution >= 0.6 is 0 Å². The molecule has 2 saturated heterocycles. The molecule has 2 aromatic rings. The minimum absolute atomic E-state index is 0.0818. The van der Waals surface area contributed by atoms with E-state index in [9.17, 15) is 4.79 Å². The first-order chi connectivity index (χ1) is 15.2. The number of likely N-dealkylation sites (tertiary alicyclic amines) is 1. The van der Waals surface area contributed by atoms with Gasteiger partial charge in [-0.1, -0.05) is 48.5 Å². The Morgan fingerprint density at radius 1 is 0.968 bits per heavy atom. The van der Waals surface area contributed by atoms with Crippen LogP contribution in [0.4, 0.5) is 0 Å². The van der Waals surface area contributed by atoms with Gasteiger partial charge in [0, 0.05) is 39.3 Å². The van der Waals surface area contributed by atoms with E-state index >= 15 is 0 Å². The summed E-state index contributed by atoms with van der Waals surface area (Å²) >= 11 is 0. The highest BCUT2D eigenvalue weighted by molar-refractivity contribution is 5.79. The first kappa shape index (κ1) is 22.0. The molecule has 1 unspecified atom stereocenters. The number of carbonyl (C=O) groups is 1. The number of carbonyl (C=O) groups excluding carboxylic acids is 1. The summed E-state index contributed by atoms with van der Waals surface area (Å²) in [6.45, 7) is 10.2. The Morgan fingerprint density at radius 2 is 1.71 bits per heavy atom. The average molecular weight is 422 g/mol. The summed E-state index contributed by atoms with van der Waals surface area (Å²) in [5, 5.41) is 3.17. The Bertz CT molecular complexity index is 846. The lowest BCUT2D eigenvalue weighted by molar-refractivity contribution is -0.126. The lowest BCUT2D eigenvalue weighted by atomic mass is 9.96. The van der Waals surface area contributed by atoms with Gasteiger partial charge in [-0.05, 0) is 48.6 Å². The van der Waals surface area contributed by atoms with E-state index in [1.165, 1.54) is 16.7 Å². The van der Waals surface area contributed by atoms with Gasteiger partial charge in [-0.15, -0.1) is 0 Å². The maximum atomic E-state index is 12.8. The van der Waals surface area contributed by atoms with Crippen molar-refractivity contribution in [3.05, 3.63) is 70.8 Å². The molecule has 2 heterocycles. The van der Waals surface area contributed by atoms with Crippen LogP contribution in [-0.4, -0.2) is 55.1 Å². The fourth-order valence-electron chi connectivity index (χ4n) is 4.56. The number of hydrogen-bond acceptors (Lipinski definition) is 4. The van der Waals surface area contributed by atoms with Gasteiger partial charge in [-0.2, -0.15) is 0 Å². The Morgan fingerprint density at radius 3 is 2.48 bits per heavy atom. The molecule has 2 fully saturated rings. The van der Waals surface area contributed by atoms with Gasteiger partial charge in [0.2, 0.25) is 5.91 Å². The number of morpholine rings is 1. The predicted molar refractivity (Wildman–Crippen MR) is 124 cm³/mol. The second-order valence-corrected chi connectivity index (χ2v) is 8.92. The second-order valence-electron chi connectivity index (χ2n) is 8.92. The quantitative estimate of drug-likeness (QED) is 0.745. The first-order valence-electron chi connectivity index (χ1n) is 11.6. The number of nitrogens with one attached hydrogen (secondary N) is 1. The van der Waals surface area contributed by atoms with Gasteiger partial charge in [0.25, 0.3) is 0 Å². The van der Waals surface area contributed by atoms with Gasteiger partial charge in [0.1, 0.15) is 0 Å². The van der Waals surface area contributed by atoms with E-state index in [-0.39, 0.29) is 11.8 Å². The fourth-order valence-corrected chi connectivity index (χ4v) is 4.56. The van der Waals surface area contributed by atoms with Crippen molar-refractivity contribution in [3.63, 3.8) is 0 Å². The molecule has 1 atom stereocenters. The zero-order valence-electron chi connectivity index (χ0n) is 18.7. The van der Waals surface area contributed by atoms with Crippen molar-refractivity contribution >= 4 is 5.91 Å². The van der Waals surface area contributed by atoms with E-state index in [1.54, 1.807) is 0 Å². The van der Waals surface area contributed by atoms with Crippen molar-refractivity contribution in [1.29, 1.82) is 0 Å². The smallest absolute Gasteiger partial charge is 0.224 e. The molecule has 5 nitrogen and oxygen atoms in total. The highest BCUT2D eigenvalue weighted by atomic mass is 16.5. The van der Waals surface area contributed by atoms with E-state index in [1.807, 2.05) is 0 Å². The standard InChI is InChI=1S/C26H35N3O2/c1-21-5-2-3-6-24(21)19-29-12-4-7-25(20-29)26(30)27-17-22-8-10-23(11-9-22)18-28-13-15-31-16-14-28/h2-3,5-6,8-11,25H,4,7,12-20H2,1H3,(H,27,30). The summed E-state index contributed by atoms with van der Waals surface area (Å²) in [6, 6.07) is 17.2. The van der Waals surface area contributed by atoms with Crippen LogP contribution in [0.3, 0.4) is 0 Å². The molecule has 0 radical (unpaired) electrons. The van der Waals surface area contributed by atoms with E-state index < -0.39 is 0 Å². The number of ether oxygens (including phenoxy) is 1. The van der Waals surface area contributed by atoms with Crippen LogP contribution < -0.4 is 5.32 Å². The zero-order chi connectivity index (χ0) is 21.5. The van der Waals surface area contributed by atoms with Crippen molar-refractivity contribution in [3.8, 4) is 0 Å². The molecule has 31 heavy (non-hydrogen) atoms. The highest BCUT2D eigenvalue weighted by Gasteiger charge is 2.25. The van der Waals surface area contributed by atoms with Crippen LogP contribution in [0.1, 0.15) is 35.1 Å². The van der Waals surface area contributed by atoms with Crippen molar-refractivity contribution in [2.45, 2.75) is 39.4 Å². The number of nitrogens with zero attached hydrogens (tertiary/aromatic N) is 2. The summed E-state index contributed by atoms with van der Waals surface area (Å²) in [7, 11) is 0. The molecule has 1 N–H and O–H groups in total. The fraction of sp³-hybridized carbons (Fsp3) is 0.500. The van der Waals surface area contributed by atoms with Gasteiger partial charge in [-0.3, -0.25) is 14.6 Å². The maximum absolute atomic E-state index is 12.8. The lowest BCUT2D eigenvalue weighted by Gasteiger charge is -2.32. The number of piperidine rings is 1. The van der Waals surface area contributed by atoms with E-state index in [0.29, 0.717) is 6.54 Å². The molecular formula is C26H35N3O2. The van der Waals surface area contributed by atoms with Crippen molar-refractivity contribution in [2.24, 2.45) is 5.92 Å². The molecule has 5 heteroatoms. The van der Waals surface area contributed by atoms with Gasteiger partial charge < -0.3 is 10.1 Å². The van der Waals surface area contributed by atoms with Gasteiger partial charge in [0.05, 0.1) is 19.1 Å². The summed E-state index contributed by atoms with van der Waals surface area (Å²) in [5.41, 5.74) is 5.16. The van der Waals surface area contributed by atoms with Crippen LogP contribution in [0.25, 0.3) is 0 Å². The van der Waals surface area contributed by atoms with E-state index in [2.05, 4.69) is 70.6 Å². The molecule has 2 aromatic carbocycles. The Balaban J connectivity index is 1.24. The molecule has 166 valence electrons. The number of aryl methyl sites for hydroxylation is 1. The Labute approximate surface area is 186 Å². The lowest BCUT2D eigenvalue weighted by Crippen LogP contribution is -2.42. The topological polar surface area (TPSA) is 44.8 Å². The maximum Gasteiger partial charge on any atom is 0.224 e. The van der Waals surface area contributed by atoms with Gasteiger partial charge in [0.15, 0.2) is 0 Å². The summed E-state index contributed by atoms with van der Waals surface area (Å²) < 4.78 is 5.42. The minimum Gasteiger partial charge on any atom is -0.379 e. The molecule has 1 amide bonds. The molecule has 0 aromatic heterocycles. The SMILES string of the molecule is Cc1ccccc1CN1CCCC(C(=O)NCc2ccc(CN3CCOCC3)cc2)C1. The normalized spacial score (nSPS) is 20.5. The molecule has 0 saturated carbocycles. The third-order valence-corrected chi connectivity index (χ3v) is 6.53. The minimum atomic E-state index is 0.0818. The van der Waals surface area contributed by atoms with Gasteiger partial charge >= 0.3 is 0 Å². The average Bonchev–Trinajstić information content (AvgIpc) is 2.81. The predicted octanol–water partition coefficient (Wildman–Crippen LogP) is 3.36. The van der Waals surface area contributed by atoms with E-state index in [0.717, 1.165) is 70.9 Å². The van der Waals surface area contributed by atoms with E-state index in [4.69, 9.17) is 4.74 Å². The van der Waals surface area contributed by atoms with Crippen LogP contribution in [0.5, 0.6) is 0 Å². The molecule has 2 aliphatic rings. The van der Waals surface area contributed by atoms with Crippen molar-refractivity contribution in [2.75, 3.05) is 39.4 Å². The number of hydrogen-bond donors (Lipinski definition) is 1. The number of amides is 1. The van der Waals surface area contributed by atoms with Crippen molar-refractivity contribution < 1.29 is 9.53 Å². The molecule has 2 aliphatic heterocycles. The molecule has 0 aliphatic carbocycles. The third kappa shape index (κ3) is 6.39. The summed E-state index contributed by atoms with van der Waals surface area (Å²) in [4.78, 5) is 17.7. The second kappa shape index (κ2) is 10.9. The highest BCUT2D eigenvalue weighted by Crippen LogP contribution is 2.20. The van der Waals surface area contributed by atoms with Gasteiger partial charge in [-0.25, -0.2) is 0 Å².